The Morgan fingerprint density at radius 1 is 1.14 bits per heavy atom. The molecule has 3 N–H and O–H groups in total. The van der Waals surface area contributed by atoms with Crippen LogP contribution in [-0.2, 0) is 29.0 Å². The fourth-order valence-corrected chi connectivity index (χ4v) is 0.299. The molecule has 0 aromatic heterocycles. The Morgan fingerprint density at radius 2 is 1.71 bits per heavy atom. The topological polar surface area (TPSA) is 142 Å². The smallest absolute Gasteiger partial charge is 0.351 e. The van der Waals surface area contributed by atoms with Crippen LogP contribution in [0.4, 0.5) is 4.79 Å². The van der Waals surface area contributed by atoms with Crippen LogP contribution in [0.2, 0.25) is 0 Å². The molecular formula is C5H4N2O7. The van der Waals surface area contributed by atoms with E-state index in [0.717, 1.165) is 0 Å². The van der Waals surface area contributed by atoms with Crippen molar-refractivity contribution in [3.63, 3.8) is 0 Å². The maximum absolute atomic E-state index is 10.5. The molecule has 0 radical (unpaired) electrons. The van der Waals surface area contributed by atoms with E-state index in [1.807, 2.05) is 0 Å². The van der Waals surface area contributed by atoms with E-state index in [9.17, 15) is 24.0 Å². The zero-order valence-corrected chi connectivity index (χ0v) is 6.51. The fourth-order valence-electron chi connectivity index (χ4n) is 0.299. The summed E-state index contributed by atoms with van der Waals surface area (Å²) in [7, 11) is 0. The summed E-state index contributed by atoms with van der Waals surface area (Å²) in [6.45, 7) is 0. The molecule has 0 fully saturated rings. The van der Waals surface area contributed by atoms with E-state index in [-0.39, 0.29) is 6.29 Å². The first-order valence-corrected chi connectivity index (χ1v) is 2.95. The predicted molar refractivity (Wildman–Crippen MR) is 36.0 cm³/mol. The van der Waals surface area contributed by atoms with Crippen molar-refractivity contribution in [2.24, 2.45) is 5.73 Å². The van der Waals surface area contributed by atoms with Crippen LogP contribution in [0.25, 0.3) is 0 Å². The van der Waals surface area contributed by atoms with Crippen LogP contribution >= 0.6 is 0 Å². The van der Waals surface area contributed by atoms with Gasteiger partial charge in [0.2, 0.25) is 6.29 Å². The van der Waals surface area contributed by atoms with Gasteiger partial charge in [0.1, 0.15) is 0 Å². The molecule has 0 aliphatic heterocycles. The van der Waals surface area contributed by atoms with Crippen molar-refractivity contribution in [1.29, 1.82) is 0 Å². The Hall–Kier alpha value is -2.45. The van der Waals surface area contributed by atoms with E-state index in [0.29, 0.717) is 0 Å². The zero-order chi connectivity index (χ0) is 11.1. The molecule has 0 aliphatic rings. The van der Waals surface area contributed by atoms with E-state index in [4.69, 9.17) is 0 Å². The summed E-state index contributed by atoms with van der Waals surface area (Å²) >= 11 is 0. The van der Waals surface area contributed by atoms with Gasteiger partial charge in [0.05, 0.1) is 0 Å². The molecule has 0 saturated heterocycles. The van der Waals surface area contributed by atoms with Gasteiger partial charge in [-0.25, -0.2) is 24.2 Å². The Balaban J connectivity index is 3.96. The lowest BCUT2D eigenvalue weighted by atomic mass is 10.6. The Bertz CT molecular complexity index is 296. The lowest BCUT2D eigenvalue weighted by Gasteiger charge is -1.98. The molecule has 9 nitrogen and oxygen atoms in total. The Labute approximate surface area is 76.1 Å². The maximum Gasteiger partial charge on any atom is 0.443 e. The van der Waals surface area contributed by atoms with Gasteiger partial charge in [0.15, 0.2) is 0 Å². The van der Waals surface area contributed by atoms with Gasteiger partial charge < -0.3 is 5.73 Å². The van der Waals surface area contributed by atoms with Crippen molar-refractivity contribution in [1.82, 2.24) is 5.32 Å². The molecule has 0 atom stereocenters. The normalized spacial score (nSPS) is 8.29. The minimum atomic E-state index is -1.70. The molecule has 3 amide bonds. The summed E-state index contributed by atoms with van der Waals surface area (Å²) < 4.78 is 0. The number of imide groups is 1. The first-order chi connectivity index (χ1) is 6.47. The highest BCUT2D eigenvalue weighted by molar-refractivity contribution is 6.35. The predicted octanol–water partition coefficient (Wildman–Crippen LogP) is -2.62. The molecule has 0 bridgehead atoms. The van der Waals surface area contributed by atoms with Gasteiger partial charge in [-0.2, -0.15) is 0 Å². The van der Waals surface area contributed by atoms with Crippen molar-refractivity contribution in [3.05, 3.63) is 0 Å². The van der Waals surface area contributed by atoms with Crippen molar-refractivity contribution in [2.45, 2.75) is 0 Å². The SMILES string of the molecule is NC(=O)NC(=O)C(=O)OOC(=O)C=O. The van der Waals surface area contributed by atoms with E-state index in [1.54, 1.807) is 0 Å². The van der Waals surface area contributed by atoms with Crippen molar-refractivity contribution in [2.75, 3.05) is 0 Å². The Kier molecular flexibility index (Phi) is 4.32. The number of amides is 3. The summed E-state index contributed by atoms with van der Waals surface area (Å²) in [5, 5.41) is 1.33. The minimum absolute atomic E-state index is 0.292. The highest BCUT2D eigenvalue weighted by atomic mass is 17.2. The largest absolute Gasteiger partial charge is 0.443 e. The molecule has 9 heteroatoms. The number of carbonyl (C=O) groups is 5. The summed E-state index contributed by atoms with van der Waals surface area (Å²) in [5.41, 5.74) is 4.47. The molecule has 14 heavy (non-hydrogen) atoms. The van der Waals surface area contributed by atoms with E-state index < -0.39 is 23.9 Å². The maximum atomic E-state index is 10.5. The number of carbonyl (C=O) groups excluding carboxylic acids is 5. The van der Waals surface area contributed by atoms with Crippen LogP contribution in [-0.4, -0.2) is 30.2 Å². The molecule has 0 unspecified atom stereocenters. The summed E-state index contributed by atoms with van der Waals surface area (Å²) in [6, 6.07) is -1.28. The highest BCUT2D eigenvalue weighted by Gasteiger charge is 2.19. The third kappa shape index (κ3) is 4.43. The number of urea groups is 1. The number of nitrogens with one attached hydrogen (secondary N) is 1. The summed E-state index contributed by atoms with van der Waals surface area (Å²) in [5.74, 6) is -4.74. The lowest BCUT2D eigenvalue weighted by Crippen LogP contribution is -2.40. The molecular weight excluding hydrogens is 200 g/mol. The summed E-state index contributed by atoms with van der Waals surface area (Å²) in [4.78, 5) is 57.7. The van der Waals surface area contributed by atoms with Crippen LogP contribution in [0.15, 0.2) is 0 Å². The number of hydrogen-bond acceptors (Lipinski definition) is 7. The van der Waals surface area contributed by atoms with Gasteiger partial charge in [-0.3, -0.25) is 14.9 Å². The standard InChI is InChI=1S/C5H4N2O7/c6-5(12)7-3(10)4(11)14-13-2(9)1-8/h1H,(H3,6,7,10,12). The molecule has 0 heterocycles. The molecule has 0 aliphatic carbocycles. The second-order valence-electron chi connectivity index (χ2n) is 1.71. The molecule has 0 spiro atoms. The number of primary amides is 1. The number of nitrogens with two attached hydrogens (primary N) is 1. The van der Waals surface area contributed by atoms with E-state index in [2.05, 4.69) is 15.5 Å². The van der Waals surface area contributed by atoms with Crippen LogP contribution in [0.5, 0.6) is 0 Å². The first kappa shape index (κ1) is 11.6. The third-order valence-corrected chi connectivity index (χ3v) is 0.718. The van der Waals surface area contributed by atoms with Crippen LogP contribution in [0, 0.1) is 0 Å². The second-order valence-corrected chi connectivity index (χ2v) is 1.71. The van der Waals surface area contributed by atoms with Crippen molar-refractivity contribution < 1.29 is 33.7 Å². The Morgan fingerprint density at radius 3 is 2.14 bits per heavy atom. The molecule has 76 valence electrons. The van der Waals surface area contributed by atoms with Gasteiger partial charge in [0.25, 0.3) is 0 Å². The van der Waals surface area contributed by atoms with Crippen LogP contribution in [0.3, 0.4) is 0 Å². The molecule has 0 aromatic rings. The average molecular weight is 204 g/mol. The van der Waals surface area contributed by atoms with Gasteiger partial charge in [0, 0.05) is 0 Å². The van der Waals surface area contributed by atoms with E-state index in [1.165, 1.54) is 5.32 Å². The first-order valence-electron chi connectivity index (χ1n) is 2.95. The number of hydrogen-bond donors (Lipinski definition) is 2. The van der Waals surface area contributed by atoms with Crippen molar-refractivity contribution in [3.8, 4) is 0 Å². The quantitative estimate of drug-likeness (QED) is 0.206. The minimum Gasteiger partial charge on any atom is -0.351 e. The molecule has 0 saturated carbocycles. The monoisotopic (exact) mass is 204 g/mol. The van der Waals surface area contributed by atoms with Crippen LogP contribution in [0.1, 0.15) is 0 Å². The average Bonchev–Trinajstić information content (AvgIpc) is 2.12. The van der Waals surface area contributed by atoms with Gasteiger partial charge in [-0.15, -0.1) is 0 Å². The van der Waals surface area contributed by atoms with Crippen LogP contribution < -0.4 is 11.1 Å². The van der Waals surface area contributed by atoms with Gasteiger partial charge in [-0.05, 0) is 0 Å². The summed E-state index contributed by atoms with van der Waals surface area (Å²) in [6.07, 6.45) is -0.292. The third-order valence-electron chi connectivity index (χ3n) is 0.718. The zero-order valence-electron chi connectivity index (χ0n) is 6.51. The molecule has 0 rings (SSSR count). The lowest BCUT2D eigenvalue weighted by molar-refractivity contribution is -0.253. The van der Waals surface area contributed by atoms with Gasteiger partial charge >= 0.3 is 23.9 Å². The molecule has 0 aromatic carbocycles. The fraction of sp³-hybridized carbons (Fsp3) is 0. The van der Waals surface area contributed by atoms with E-state index >= 15 is 0 Å². The second kappa shape index (κ2) is 5.24. The number of rotatable bonds is 1. The highest BCUT2D eigenvalue weighted by Crippen LogP contribution is 1.81. The van der Waals surface area contributed by atoms with Gasteiger partial charge in [-0.1, -0.05) is 0 Å². The number of aldehydes is 1. The van der Waals surface area contributed by atoms with Crippen molar-refractivity contribution >= 4 is 30.2 Å².